The van der Waals surface area contributed by atoms with Crippen LogP contribution >= 0.6 is 0 Å². The number of rotatable bonds is 1. The van der Waals surface area contributed by atoms with Crippen LogP contribution in [0.3, 0.4) is 0 Å². The van der Waals surface area contributed by atoms with Gasteiger partial charge in [0.2, 0.25) is 0 Å². The molecule has 1 nitrogen and oxygen atoms in total. The van der Waals surface area contributed by atoms with Gasteiger partial charge in [0.15, 0.2) is 0 Å². The van der Waals surface area contributed by atoms with E-state index < -0.39 is 0 Å². The number of ether oxygens (including phenoxy) is 1. The number of epoxide rings is 1. The van der Waals surface area contributed by atoms with Crippen LogP contribution in [0.25, 0.3) is 0 Å². The maximum absolute atomic E-state index is 5.57. The Labute approximate surface area is 61.8 Å². The molecule has 0 spiro atoms. The molecule has 0 aromatic carbocycles. The molecular weight excluding hydrogens is 124 g/mol. The monoisotopic (exact) mass is 138 g/mol. The standard InChI is InChI=1S/C9H14O/c1-2-5-3-6-4-7(5)9-8(6)10-9/h5-9H,2-4H2,1H3/t5?,6-,7+,8-,9+/m1/s1. The van der Waals surface area contributed by atoms with Gasteiger partial charge in [-0.1, -0.05) is 13.3 Å². The van der Waals surface area contributed by atoms with Gasteiger partial charge in [0.1, 0.15) is 0 Å². The van der Waals surface area contributed by atoms with E-state index in [9.17, 15) is 0 Å². The van der Waals surface area contributed by atoms with Crippen LogP contribution in [0.1, 0.15) is 26.2 Å². The maximum atomic E-state index is 5.57. The lowest BCUT2D eigenvalue weighted by atomic mass is 9.87. The molecule has 2 bridgehead atoms. The molecule has 5 atom stereocenters. The van der Waals surface area contributed by atoms with Crippen molar-refractivity contribution in [3.05, 3.63) is 0 Å². The molecular formula is C9H14O. The molecule has 0 amide bonds. The Hall–Kier alpha value is -0.0400. The van der Waals surface area contributed by atoms with Gasteiger partial charge in [0, 0.05) is 0 Å². The summed E-state index contributed by atoms with van der Waals surface area (Å²) in [6, 6.07) is 0. The number of fused-ring (bicyclic) bond motifs is 5. The van der Waals surface area contributed by atoms with Crippen LogP contribution in [0.15, 0.2) is 0 Å². The van der Waals surface area contributed by atoms with E-state index in [1.807, 2.05) is 0 Å². The van der Waals surface area contributed by atoms with Gasteiger partial charge in [-0.3, -0.25) is 0 Å². The Bertz CT molecular complexity index is 166. The average Bonchev–Trinajstić information content (AvgIpc) is 2.58. The minimum absolute atomic E-state index is 0.726. The molecule has 0 aromatic heterocycles. The molecule has 2 saturated carbocycles. The molecule has 3 aliphatic rings. The Morgan fingerprint density at radius 2 is 2.20 bits per heavy atom. The maximum Gasteiger partial charge on any atom is 0.0875 e. The quantitative estimate of drug-likeness (QED) is 0.503. The summed E-state index contributed by atoms with van der Waals surface area (Å²) in [7, 11) is 0. The molecule has 1 heterocycles. The Balaban J connectivity index is 1.85. The minimum atomic E-state index is 0.726. The predicted octanol–water partition coefficient (Wildman–Crippen LogP) is 1.82. The molecule has 10 heavy (non-hydrogen) atoms. The normalized spacial score (nSPS) is 62.7. The highest BCUT2D eigenvalue weighted by Gasteiger charge is 2.62. The summed E-state index contributed by atoms with van der Waals surface area (Å²) in [5, 5.41) is 0. The third-order valence-electron chi connectivity index (χ3n) is 3.76. The van der Waals surface area contributed by atoms with Crippen molar-refractivity contribution >= 4 is 0 Å². The van der Waals surface area contributed by atoms with Gasteiger partial charge < -0.3 is 4.74 Å². The number of hydrogen-bond acceptors (Lipinski definition) is 1. The van der Waals surface area contributed by atoms with E-state index in [2.05, 4.69) is 6.92 Å². The lowest BCUT2D eigenvalue weighted by molar-refractivity contribution is 0.249. The second kappa shape index (κ2) is 1.58. The highest BCUT2D eigenvalue weighted by molar-refractivity contribution is 5.10. The van der Waals surface area contributed by atoms with E-state index in [0.717, 1.165) is 30.0 Å². The van der Waals surface area contributed by atoms with E-state index >= 15 is 0 Å². The van der Waals surface area contributed by atoms with Crippen molar-refractivity contribution in [2.75, 3.05) is 0 Å². The molecule has 3 rings (SSSR count). The SMILES string of the molecule is CCC1C[C@@H]2C[C@@H]1[C@@H]1O[C@H]21. The Kier molecular flexibility index (Phi) is 0.883. The van der Waals surface area contributed by atoms with E-state index in [4.69, 9.17) is 4.74 Å². The molecule has 2 aliphatic carbocycles. The van der Waals surface area contributed by atoms with Crippen molar-refractivity contribution in [2.24, 2.45) is 17.8 Å². The van der Waals surface area contributed by atoms with E-state index in [1.54, 1.807) is 0 Å². The topological polar surface area (TPSA) is 12.5 Å². The second-order valence-corrected chi connectivity index (χ2v) is 4.13. The van der Waals surface area contributed by atoms with E-state index in [1.165, 1.54) is 19.3 Å². The van der Waals surface area contributed by atoms with Crippen LogP contribution < -0.4 is 0 Å². The molecule has 1 heteroatoms. The first kappa shape index (κ1) is 5.59. The number of hydrogen-bond donors (Lipinski definition) is 0. The molecule has 1 saturated heterocycles. The smallest absolute Gasteiger partial charge is 0.0875 e. The fourth-order valence-corrected chi connectivity index (χ4v) is 3.20. The van der Waals surface area contributed by atoms with Crippen molar-refractivity contribution < 1.29 is 4.74 Å². The lowest BCUT2D eigenvalue weighted by Gasteiger charge is -2.16. The van der Waals surface area contributed by atoms with Crippen LogP contribution in [0.4, 0.5) is 0 Å². The van der Waals surface area contributed by atoms with Crippen LogP contribution in [0.5, 0.6) is 0 Å². The lowest BCUT2D eigenvalue weighted by Crippen LogP contribution is -2.16. The van der Waals surface area contributed by atoms with Gasteiger partial charge in [0.05, 0.1) is 12.2 Å². The van der Waals surface area contributed by atoms with Crippen LogP contribution in [0, 0.1) is 17.8 Å². The molecule has 3 fully saturated rings. The van der Waals surface area contributed by atoms with Crippen molar-refractivity contribution in [3.63, 3.8) is 0 Å². The Morgan fingerprint density at radius 3 is 2.80 bits per heavy atom. The molecule has 0 radical (unpaired) electrons. The van der Waals surface area contributed by atoms with Crippen molar-refractivity contribution in [3.8, 4) is 0 Å². The van der Waals surface area contributed by atoms with Crippen LogP contribution in [-0.2, 0) is 4.74 Å². The van der Waals surface area contributed by atoms with Gasteiger partial charge in [-0.05, 0) is 30.6 Å². The fourth-order valence-electron chi connectivity index (χ4n) is 3.20. The molecule has 56 valence electrons. The fraction of sp³-hybridized carbons (Fsp3) is 1.00. The third-order valence-corrected chi connectivity index (χ3v) is 3.76. The molecule has 1 aliphatic heterocycles. The highest BCUT2D eigenvalue weighted by atomic mass is 16.6. The minimum Gasteiger partial charge on any atom is -0.369 e. The van der Waals surface area contributed by atoms with Gasteiger partial charge in [-0.25, -0.2) is 0 Å². The summed E-state index contributed by atoms with van der Waals surface area (Å²) in [5.74, 6) is 2.97. The van der Waals surface area contributed by atoms with Gasteiger partial charge in [0.25, 0.3) is 0 Å². The van der Waals surface area contributed by atoms with E-state index in [-0.39, 0.29) is 0 Å². The summed E-state index contributed by atoms with van der Waals surface area (Å²) in [6.07, 6.45) is 5.81. The molecule has 1 unspecified atom stereocenters. The zero-order valence-electron chi connectivity index (χ0n) is 6.42. The third kappa shape index (κ3) is 0.493. The van der Waals surface area contributed by atoms with Gasteiger partial charge in [-0.15, -0.1) is 0 Å². The van der Waals surface area contributed by atoms with Gasteiger partial charge in [-0.2, -0.15) is 0 Å². The summed E-state index contributed by atoms with van der Waals surface area (Å²) >= 11 is 0. The van der Waals surface area contributed by atoms with E-state index in [0.29, 0.717) is 0 Å². The summed E-state index contributed by atoms with van der Waals surface area (Å²) in [5.41, 5.74) is 0. The average molecular weight is 138 g/mol. The zero-order valence-corrected chi connectivity index (χ0v) is 6.42. The first-order chi connectivity index (χ1) is 4.90. The first-order valence-corrected chi connectivity index (χ1v) is 4.55. The van der Waals surface area contributed by atoms with Crippen LogP contribution in [0.2, 0.25) is 0 Å². The predicted molar refractivity (Wildman–Crippen MR) is 38.7 cm³/mol. The Morgan fingerprint density at radius 1 is 1.30 bits per heavy atom. The van der Waals surface area contributed by atoms with Crippen LogP contribution in [-0.4, -0.2) is 12.2 Å². The molecule has 0 N–H and O–H groups in total. The summed E-state index contributed by atoms with van der Waals surface area (Å²) in [6.45, 7) is 2.32. The highest BCUT2D eigenvalue weighted by Crippen LogP contribution is 2.59. The molecule has 0 aromatic rings. The zero-order chi connectivity index (χ0) is 6.72. The largest absolute Gasteiger partial charge is 0.369 e. The summed E-state index contributed by atoms with van der Waals surface area (Å²) in [4.78, 5) is 0. The van der Waals surface area contributed by atoms with Crippen molar-refractivity contribution in [2.45, 2.75) is 38.4 Å². The van der Waals surface area contributed by atoms with Crippen molar-refractivity contribution in [1.29, 1.82) is 0 Å². The summed E-state index contributed by atoms with van der Waals surface area (Å²) < 4.78 is 5.57. The second-order valence-electron chi connectivity index (χ2n) is 4.13. The van der Waals surface area contributed by atoms with Crippen molar-refractivity contribution in [1.82, 2.24) is 0 Å². The van der Waals surface area contributed by atoms with Gasteiger partial charge >= 0.3 is 0 Å². The first-order valence-electron chi connectivity index (χ1n) is 4.55.